The molecule has 0 radical (unpaired) electrons. The van der Waals surface area contributed by atoms with E-state index in [0.717, 1.165) is 0 Å². The summed E-state index contributed by atoms with van der Waals surface area (Å²) in [5.74, 6) is 0. The minimum absolute atomic E-state index is 0. The molecule has 0 aliphatic rings. The first-order valence-corrected chi connectivity index (χ1v) is 5.33. The lowest BCUT2D eigenvalue weighted by Gasteiger charge is -2.05. The Morgan fingerprint density at radius 2 is 1.31 bits per heavy atom. The van der Waals surface area contributed by atoms with Crippen LogP contribution in [0, 0.1) is 0 Å². The molecule has 0 aromatic carbocycles. The van der Waals surface area contributed by atoms with Gasteiger partial charge >= 0.3 is 0 Å². The van der Waals surface area contributed by atoms with E-state index in [1.807, 2.05) is 0 Å². The first kappa shape index (κ1) is 18.5. The molecule has 0 atom stereocenters. The van der Waals surface area contributed by atoms with Gasteiger partial charge in [0.1, 0.15) is 0 Å². The Morgan fingerprint density at radius 1 is 1.08 bits per heavy atom. The molecule has 11 heteroatoms. The Hall–Kier alpha value is -0.300. The molecule has 10 N–H and O–H groups in total. The van der Waals surface area contributed by atoms with Crippen molar-refractivity contribution in [3.05, 3.63) is 0 Å². The summed E-state index contributed by atoms with van der Waals surface area (Å²) in [6, 6.07) is 0. The first-order chi connectivity index (χ1) is 4.69. The number of nitrogens with two attached hydrogens (primary N) is 1. The van der Waals surface area contributed by atoms with Gasteiger partial charge in [-0.3, -0.25) is 9.11 Å². The van der Waals surface area contributed by atoms with Crippen LogP contribution in [0.1, 0.15) is 0 Å². The van der Waals surface area contributed by atoms with E-state index in [4.69, 9.17) is 9.11 Å². The van der Waals surface area contributed by atoms with Crippen LogP contribution >= 0.6 is 0 Å². The summed E-state index contributed by atoms with van der Waals surface area (Å²) in [7, 11) is -9.67. The molecule has 0 saturated carbocycles. The van der Waals surface area contributed by atoms with Crippen LogP contribution in [0.5, 0.6) is 0 Å². The van der Waals surface area contributed by atoms with Crippen molar-refractivity contribution in [3.8, 4) is 0 Å². The van der Waals surface area contributed by atoms with E-state index < -0.39 is 31.4 Å². The Labute approximate surface area is 75.3 Å². The Balaban J connectivity index is -0.000000500. The third-order valence-electron chi connectivity index (χ3n) is 0.857. The summed E-state index contributed by atoms with van der Waals surface area (Å²) in [5.41, 5.74) is 4.67. The standard InChI is InChI=1S/C2H7NO6S2.H3N.H2O/c3-1-2(10(4,5)6)11(7,8)9;;/h2H,1,3H2,(H,4,5,6)(H,7,8,9);1H3;1H2/p+1. The topological polar surface area (TPSA) is 203 Å². The quantitative estimate of drug-likeness (QED) is 0.393. The average molecular weight is 241 g/mol. The molecule has 0 aromatic heterocycles. The number of quaternary nitrogens is 1. The van der Waals surface area contributed by atoms with E-state index >= 15 is 0 Å². The Kier molecular flexibility index (Phi) is 7.72. The Morgan fingerprint density at radius 3 is 1.31 bits per heavy atom. The van der Waals surface area contributed by atoms with Crippen LogP contribution < -0.4 is 11.9 Å². The number of rotatable bonds is 3. The fourth-order valence-electron chi connectivity index (χ4n) is 0.397. The number of hydrogen-bond acceptors (Lipinski definition) is 5. The van der Waals surface area contributed by atoms with Crippen LogP contribution in [0.4, 0.5) is 0 Å². The highest BCUT2D eigenvalue weighted by molar-refractivity contribution is 8.04. The summed E-state index contributed by atoms with van der Waals surface area (Å²) in [4.78, 5) is 0. The molecule has 0 spiro atoms. The largest absolute Gasteiger partial charge is 0.412 e. The number of hydrogen-bond donors (Lipinski definition) is 4. The Bertz CT molecular complexity index is 284. The fraction of sp³-hybridized carbons (Fsp3) is 1.00. The van der Waals surface area contributed by atoms with Gasteiger partial charge in [0.2, 0.25) is 4.58 Å². The van der Waals surface area contributed by atoms with Crippen molar-refractivity contribution >= 4 is 20.2 Å². The van der Waals surface area contributed by atoms with Crippen molar-refractivity contribution < 1.29 is 31.4 Å². The second-order valence-corrected chi connectivity index (χ2v) is 5.19. The zero-order valence-corrected chi connectivity index (χ0v) is 8.34. The van der Waals surface area contributed by atoms with Crippen molar-refractivity contribution in [2.75, 3.05) is 6.54 Å². The molecule has 0 heterocycles. The summed E-state index contributed by atoms with van der Waals surface area (Å²) < 4.78 is 54.6. The molecule has 0 rings (SSSR count). The van der Waals surface area contributed by atoms with Crippen LogP contribution in [-0.4, -0.2) is 42.5 Å². The van der Waals surface area contributed by atoms with Gasteiger partial charge in [-0.25, -0.2) is 0 Å². The monoisotopic (exact) mass is 241 g/mol. The van der Waals surface area contributed by atoms with Crippen LogP contribution in [-0.2, 0) is 20.2 Å². The molecule has 0 aromatic rings. The van der Waals surface area contributed by atoms with Gasteiger partial charge in [-0.05, 0) is 0 Å². The molecule has 84 valence electrons. The highest BCUT2D eigenvalue weighted by atomic mass is 32.3. The molecular weight excluding hydrogens is 228 g/mol. The van der Waals surface area contributed by atoms with Crippen LogP contribution in [0.25, 0.3) is 0 Å². The second kappa shape index (κ2) is 5.43. The van der Waals surface area contributed by atoms with Crippen molar-refractivity contribution in [2.24, 2.45) is 5.73 Å². The smallest absolute Gasteiger partial charge is 0.286 e. The third kappa shape index (κ3) is 5.87. The zero-order valence-electron chi connectivity index (χ0n) is 6.71. The predicted octanol–water partition coefficient (Wildman–Crippen LogP) is -2.40. The highest BCUT2D eigenvalue weighted by Crippen LogP contribution is 2.03. The second-order valence-electron chi connectivity index (χ2n) is 1.70. The van der Waals surface area contributed by atoms with E-state index in [9.17, 15) is 16.8 Å². The highest BCUT2D eigenvalue weighted by Gasteiger charge is 2.33. The molecule has 9 nitrogen and oxygen atoms in total. The van der Waals surface area contributed by atoms with Gasteiger partial charge in [0.05, 0.1) is 0 Å². The lowest BCUT2D eigenvalue weighted by Crippen LogP contribution is -2.36. The van der Waals surface area contributed by atoms with Crippen molar-refractivity contribution in [1.29, 1.82) is 0 Å². The maximum atomic E-state index is 10.1. The van der Waals surface area contributed by atoms with Crippen molar-refractivity contribution in [1.82, 2.24) is 6.15 Å². The molecule has 0 saturated heterocycles. The van der Waals surface area contributed by atoms with Gasteiger partial charge in [-0.1, -0.05) is 0 Å². The van der Waals surface area contributed by atoms with E-state index in [-0.39, 0.29) is 11.6 Å². The third-order valence-corrected chi connectivity index (χ3v) is 4.03. The summed E-state index contributed by atoms with van der Waals surface area (Å²) in [5, 5.41) is 0. The minimum Gasteiger partial charge on any atom is -0.412 e. The van der Waals surface area contributed by atoms with Crippen LogP contribution in [0.3, 0.4) is 0 Å². The van der Waals surface area contributed by atoms with E-state index in [0.29, 0.717) is 0 Å². The molecule has 0 bridgehead atoms. The van der Waals surface area contributed by atoms with Crippen molar-refractivity contribution in [2.45, 2.75) is 4.58 Å². The molecule has 0 aliphatic carbocycles. The molecule has 0 unspecified atom stereocenters. The zero-order chi connectivity index (χ0) is 9.28. The molecular formula is C2H13N2O7S2+. The molecule has 0 aliphatic heterocycles. The predicted molar refractivity (Wildman–Crippen MR) is 45.5 cm³/mol. The van der Waals surface area contributed by atoms with Gasteiger partial charge in [0.15, 0.2) is 0 Å². The van der Waals surface area contributed by atoms with Crippen molar-refractivity contribution in [3.63, 3.8) is 0 Å². The summed E-state index contributed by atoms with van der Waals surface area (Å²) >= 11 is 0. The maximum absolute atomic E-state index is 10.1. The molecule has 0 fully saturated rings. The van der Waals surface area contributed by atoms with E-state index in [1.165, 1.54) is 0 Å². The van der Waals surface area contributed by atoms with Gasteiger partial charge in [0.25, 0.3) is 20.2 Å². The van der Waals surface area contributed by atoms with Gasteiger partial charge < -0.3 is 17.4 Å². The minimum atomic E-state index is -4.84. The normalized spacial score (nSPS) is 11.7. The van der Waals surface area contributed by atoms with Gasteiger partial charge in [-0.15, -0.1) is 0 Å². The van der Waals surface area contributed by atoms with Crippen LogP contribution in [0.15, 0.2) is 0 Å². The summed E-state index contributed by atoms with van der Waals surface area (Å²) in [6.45, 7) is -0.891. The molecule has 13 heavy (non-hydrogen) atoms. The first-order valence-electron chi connectivity index (χ1n) is 2.32. The van der Waals surface area contributed by atoms with E-state index in [2.05, 4.69) is 5.73 Å². The lowest BCUT2D eigenvalue weighted by molar-refractivity contribution is 0.455. The SMILES string of the molecule is NCC(S(=O)(=O)O)S(=O)(=O)O.O.[NH4+]. The van der Waals surface area contributed by atoms with Crippen LogP contribution in [0.2, 0.25) is 0 Å². The molecule has 0 amide bonds. The maximum Gasteiger partial charge on any atom is 0.286 e. The van der Waals surface area contributed by atoms with Gasteiger partial charge in [-0.2, -0.15) is 16.8 Å². The lowest BCUT2D eigenvalue weighted by atomic mass is 10.8. The van der Waals surface area contributed by atoms with Gasteiger partial charge in [0, 0.05) is 6.54 Å². The summed E-state index contributed by atoms with van der Waals surface area (Å²) in [6.07, 6.45) is 0. The fourth-order valence-corrected chi connectivity index (χ4v) is 2.11. The average Bonchev–Trinajstić information content (AvgIpc) is 1.56. The van der Waals surface area contributed by atoms with E-state index in [1.54, 1.807) is 0 Å².